The van der Waals surface area contributed by atoms with Gasteiger partial charge in [0, 0.05) is 20.0 Å². The highest BCUT2D eigenvalue weighted by Crippen LogP contribution is 2.21. The lowest BCUT2D eigenvalue weighted by Crippen LogP contribution is -2.05. The molecule has 1 aromatic rings. The maximum Gasteiger partial charge on any atom is 0.330 e. The lowest BCUT2D eigenvalue weighted by Gasteiger charge is -2.01. The Balaban J connectivity index is 2.41. The Hall–Kier alpha value is -2.12. The van der Waals surface area contributed by atoms with Crippen LogP contribution in [-0.4, -0.2) is 32.3 Å². The molecular formula is C9H14N4O4. The van der Waals surface area contributed by atoms with Gasteiger partial charge < -0.3 is 10.4 Å². The molecule has 0 aromatic carbocycles. The van der Waals surface area contributed by atoms with Gasteiger partial charge in [0.25, 0.3) is 0 Å². The number of carboxylic acids is 1. The van der Waals surface area contributed by atoms with Crippen LogP contribution in [0.4, 0.5) is 11.5 Å². The molecule has 0 atom stereocenters. The van der Waals surface area contributed by atoms with Crippen molar-refractivity contribution in [2.24, 2.45) is 7.05 Å². The standard InChI is InChI=1S/C9H14N4O4/c1-12-6-7(13(16)17)9(11-12)10-5-3-2-4-8(14)15/h6H,2-5H2,1H3,(H,10,11)(H,14,15). The van der Waals surface area contributed by atoms with E-state index in [4.69, 9.17) is 5.11 Å². The van der Waals surface area contributed by atoms with Crippen molar-refractivity contribution in [3.05, 3.63) is 16.3 Å². The van der Waals surface area contributed by atoms with Crippen LogP contribution >= 0.6 is 0 Å². The summed E-state index contributed by atoms with van der Waals surface area (Å²) < 4.78 is 1.36. The Morgan fingerprint density at radius 1 is 1.65 bits per heavy atom. The number of aryl methyl sites for hydroxylation is 1. The number of nitrogens with zero attached hydrogens (tertiary/aromatic N) is 3. The van der Waals surface area contributed by atoms with E-state index in [-0.39, 0.29) is 17.9 Å². The van der Waals surface area contributed by atoms with Crippen molar-refractivity contribution >= 4 is 17.5 Å². The van der Waals surface area contributed by atoms with E-state index in [1.165, 1.54) is 10.9 Å². The molecule has 1 rings (SSSR count). The van der Waals surface area contributed by atoms with E-state index >= 15 is 0 Å². The van der Waals surface area contributed by atoms with Crippen LogP contribution in [0.2, 0.25) is 0 Å². The number of carboxylic acid groups (broad SMARTS) is 1. The number of nitrogens with one attached hydrogen (secondary N) is 1. The van der Waals surface area contributed by atoms with Crippen molar-refractivity contribution in [3.8, 4) is 0 Å². The summed E-state index contributed by atoms with van der Waals surface area (Å²) in [5, 5.41) is 25.8. The monoisotopic (exact) mass is 242 g/mol. The number of anilines is 1. The average Bonchev–Trinajstić information content (AvgIpc) is 2.59. The van der Waals surface area contributed by atoms with Crippen LogP contribution in [0.1, 0.15) is 19.3 Å². The van der Waals surface area contributed by atoms with Gasteiger partial charge in [0.1, 0.15) is 6.20 Å². The normalized spacial score (nSPS) is 10.2. The molecule has 0 saturated heterocycles. The molecule has 0 aliphatic rings. The molecule has 0 spiro atoms. The SMILES string of the molecule is Cn1cc([N+](=O)[O-])c(NCCCCC(=O)O)n1. The fraction of sp³-hybridized carbons (Fsp3) is 0.556. The summed E-state index contributed by atoms with van der Waals surface area (Å²) in [5.74, 6) is -0.623. The number of nitro groups is 1. The van der Waals surface area contributed by atoms with E-state index in [1.807, 2.05) is 0 Å². The zero-order valence-electron chi connectivity index (χ0n) is 9.42. The minimum absolute atomic E-state index is 0.0780. The van der Waals surface area contributed by atoms with Crippen LogP contribution in [0.15, 0.2) is 6.20 Å². The highest BCUT2D eigenvalue weighted by molar-refractivity contribution is 5.66. The number of unbranched alkanes of at least 4 members (excludes halogenated alkanes) is 1. The van der Waals surface area contributed by atoms with E-state index in [9.17, 15) is 14.9 Å². The predicted octanol–water partition coefficient (Wildman–Crippen LogP) is 0.995. The average molecular weight is 242 g/mol. The van der Waals surface area contributed by atoms with Crippen LogP contribution < -0.4 is 5.32 Å². The molecule has 8 heteroatoms. The first kappa shape index (κ1) is 12.9. The molecule has 0 aliphatic heterocycles. The van der Waals surface area contributed by atoms with Gasteiger partial charge in [0.15, 0.2) is 0 Å². The van der Waals surface area contributed by atoms with Gasteiger partial charge in [0.05, 0.1) is 4.92 Å². The number of carbonyl (C=O) groups is 1. The lowest BCUT2D eigenvalue weighted by atomic mass is 10.2. The fourth-order valence-corrected chi connectivity index (χ4v) is 1.34. The number of hydrogen-bond acceptors (Lipinski definition) is 5. The fourth-order valence-electron chi connectivity index (χ4n) is 1.34. The first-order valence-corrected chi connectivity index (χ1v) is 5.14. The van der Waals surface area contributed by atoms with Crippen LogP contribution in [0.3, 0.4) is 0 Å². The molecule has 0 amide bonds. The van der Waals surface area contributed by atoms with E-state index in [0.29, 0.717) is 19.4 Å². The maximum atomic E-state index is 10.6. The van der Waals surface area contributed by atoms with E-state index < -0.39 is 10.9 Å². The highest BCUT2D eigenvalue weighted by atomic mass is 16.6. The quantitative estimate of drug-likeness (QED) is 0.419. The Morgan fingerprint density at radius 2 is 2.35 bits per heavy atom. The van der Waals surface area contributed by atoms with E-state index in [2.05, 4.69) is 10.4 Å². The Kier molecular flexibility index (Phi) is 4.44. The van der Waals surface area contributed by atoms with Crippen molar-refractivity contribution in [1.29, 1.82) is 0 Å². The molecule has 2 N–H and O–H groups in total. The molecule has 0 unspecified atom stereocenters. The zero-order chi connectivity index (χ0) is 12.8. The number of aliphatic carboxylic acids is 1. The summed E-state index contributed by atoms with van der Waals surface area (Å²) in [5.41, 5.74) is -0.0780. The molecule has 0 aliphatic carbocycles. The van der Waals surface area contributed by atoms with E-state index in [1.54, 1.807) is 7.05 Å². The van der Waals surface area contributed by atoms with E-state index in [0.717, 1.165) is 0 Å². The van der Waals surface area contributed by atoms with Crippen molar-refractivity contribution in [2.45, 2.75) is 19.3 Å². The van der Waals surface area contributed by atoms with Crippen molar-refractivity contribution in [3.63, 3.8) is 0 Å². The van der Waals surface area contributed by atoms with Crippen LogP contribution in [0, 0.1) is 10.1 Å². The van der Waals surface area contributed by atoms with Gasteiger partial charge in [-0.2, -0.15) is 0 Å². The molecular weight excluding hydrogens is 228 g/mol. The van der Waals surface area contributed by atoms with Gasteiger partial charge in [0.2, 0.25) is 5.82 Å². The zero-order valence-corrected chi connectivity index (χ0v) is 9.42. The predicted molar refractivity (Wildman–Crippen MR) is 59.8 cm³/mol. The van der Waals surface area contributed by atoms with Crippen molar-refractivity contribution < 1.29 is 14.8 Å². The first-order chi connectivity index (χ1) is 8.00. The number of rotatable bonds is 7. The molecule has 17 heavy (non-hydrogen) atoms. The summed E-state index contributed by atoms with van der Waals surface area (Å²) in [7, 11) is 1.60. The highest BCUT2D eigenvalue weighted by Gasteiger charge is 2.17. The maximum absolute atomic E-state index is 10.6. The second kappa shape index (κ2) is 5.83. The largest absolute Gasteiger partial charge is 0.481 e. The molecule has 1 heterocycles. The summed E-state index contributed by atoms with van der Waals surface area (Å²) in [6, 6.07) is 0. The van der Waals surface area contributed by atoms with Crippen molar-refractivity contribution in [2.75, 3.05) is 11.9 Å². The summed E-state index contributed by atoms with van der Waals surface area (Å²) in [6.45, 7) is 0.463. The third kappa shape index (κ3) is 4.09. The van der Waals surface area contributed by atoms with Gasteiger partial charge >= 0.3 is 11.7 Å². The van der Waals surface area contributed by atoms with Gasteiger partial charge in [-0.1, -0.05) is 0 Å². The molecule has 0 bridgehead atoms. The Labute approximate surface area is 97.4 Å². The number of aromatic nitrogens is 2. The van der Waals surface area contributed by atoms with Crippen molar-refractivity contribution in [1.82, 2.24) is 9.78 Å². The minimum Gasteiger partial charge on any atom is -0.481 e. The minimum atomic E-state index is -0.839. The Morgan fingerprint density at radius 3 is 2.94 bits per heavy atom. The van der Waals surface area contributed by atoms with Gasteiger partial charge in [-0.25, -0.2) is 0 Å². The third-order valence-corrected chi connectivity index (χ3v) is 2.12. The second-order valence-corrected chi connectivity index (χ2v) is 3.57. The molecule has 0 radical (unpaired) electrons. The topological polar surface area (TPSA) is 110 Å². The molecule has 1 aromatic heterocycles. The second-order valence-electron chi connectivity index (χ2n) is 3.57. The lowest BCUT2D eigenvalue weighted by molar-refractivity contribution is -0.384. The number of hydrogen-bond donors (Lipinski definition) is 2. The van der Waals surface area contributed by atoms with Gasteiger partial charge in [-0.3, -0.25) is 19.6 Å². The summed E-state index contributed by atoms with van der Waals surface area (Å²) in [6.07, 6.45) is 2.58. The van der Waals surface area contributed by atoms with Gasteiger partial charge in [-0.15, -0.1) is 5.10 Å². The molecule has 0 saturated carbocycles. The smallest absolute Gasteiger partial charge is 0.330 e. The molecule has 8 nitrogen and oxygen atoms in total. The summed E-state index contributed by atoms with van der Waals surface area (Å²) in [4.78, 5) is 20.4. The van der Waals surface area contributed by atoms with Crippen LogP contribution in [-0.2, 0) is 11.8 Å². The van der Waals surface area contributed by atoms with Gasteiger partial charge in [-0.05, 0) is 12.8 Å². The molecule has 94 valence electrons. The summed E-state index contributed by atoms with van der Waals surface area (Å²) >= 11 is 0. The third-order valence-electron chi connectivity index (χ3n) is 2.12. The van der Waals surface area contributed by atoms with Crippen LogP contribution in [0.25, 0.3) is 0 Å². The Bertz CT molecular complexity index is 415. The first-order valence-electron chi connectivity index (χ1n) is 5.14. The van der Waals surface area contributed by atoms with Crippen LogP contribution in [0.5, 0.6) is 0 Å². The molecule has 0 fully saturated rings.